The SMILES string of the molecule is O=C(NCc1cccnc1)C1CCN(S(=O)(=O)c2ccc(Cl)s2)CC1. The molecule has 1 amide bonds. The lowest BCUT2D eigenvalue weighted by atomic mass is 9.97. The molecule has 0 saturated carbocycles. The van der Waals surface area contributed by atoms with Gasteiger partial charge in [0.15, 0.2) is 0 Å². The van der Waals surface area contributed by atoms with Crippen LogP contribution >= 0.6 is 22.9 Å². The van der Waals surface area contributed by atoms with Crippen molar-refractivity contribution in [3.8, 4) is 0 Å². The van der Waals surface area contributed by atoms with Crippen LogP contribution in [0.15, 0.2) is 40.9 Å². The summed E-state index contributed by atoms with van der Waals surface area (Å²) < 4.78 is 27.2. The molecule has 134 valence electrons. The maximum Gasteiger partial charge on any atom is 0.252 e. The van der Waals surface area contributed by atoms with Crippen LogP contribution in [0.3, 0.4) is 0 Å². The van der Waals surface area contributed by atoms with Gasteiger partial charge in [-0.3, -0.25) is 9.78 Å². The van der Waals surface area contributed by atoms with Crippen LogP contribution in [0.25, 0.3) is 0 Å². The van der Waals surface area contributed by atoms with Crippen molar-refractivity contribution in [2.24, 2.45) is 5.92 Å². The Hall–Kier alpha value is -1.48. The fraction of sp³-hybridized carbons (Fsp3) is 0.375. The molecule has 0 atom stereocenters. The number of halogens is 1. The molecule has 2 aromatic heterocycles. The van der Waals surface area contributed by atoms with E-state index in [0.717, 1.165) is 16.9 Å². The van der Waals surface area contributed by atoms with Crippen molar-refractivity contribution in [2.75, 3.05) is 13.1 Å². The van der Waals surface area contributed by atoms with E-state index in [1.54, 1.807) is 18.5 Å². The summed E-state index contributed by atoms with van der Waals surface area (Å²) in [5.41, 5.74) is 0.936. The number of carbonyl (C=O) groups excluding carboxylic acids is 1. The molecule has 1 saturated heterocycles. The summed E-state index contributed by atoms with van der Waals surface area (Å²) in [6.07, 6.45) is 4.41. The van der Waals surface area contributed by atoms with Crippen molar-refractivity contribution in [3.05, 3.63) is 46.6 Å². The minimum Gasteiger partial charge on any atom is -0.352 e. The van der Waals surface area contributed by atoms with E-state index >= 15 is 0 Å². The average molecular weight is 400 g/mol. The number of hydrogen-bond donors (Lipinski definition) is 1. The van der Waals surface area contributed by atoms with Crippen molar-refractivity contribution < 1.29 is 13.2 Å². The molecule has 1 fully saturated rings. The van der Waals surface area contributed by atoms with Crippen molar-refractivity contribution in [1.82, 2.24) is 14.6 Å². The summed E-state index contributed by atoms with van der Waals surface area (Å²) in [5.74, 6) is -0.213. The minimum atomic E-state index is -3.52. The number of nitrogens with one attached hydrogen (secondary N) is 1. The summed E-state index contributed by atoms with van der Waals surface area (Å²) in [7, 11) is -3.52. The van der Waals surface area contributed by atoms with Crippen LogP contribution in [-0.2, 0) is 21.4 Å². The van der Waals surface area contributed by atoms with E-state index in [4.69, 9.17) is 11.6 Å². The van der Waals surface area contributed by atoms with Crippen LogP contribution in [0.5, 0.6) is 0 Å². The van der Waals surface area contributed by atoms with Crippen molar-refractivity contribution in [2.45, 2.75) is 23.6 Å². The zero-order valence-electron chi connectivity index (χ0n) is 13.4. The molecular formula is C16H18ClN3O3S2. The fourth-order valence-electron chi connectivity index (χ4n) is 2.76. The zero-order chi connectivity index (χ0) is 17.9. The molecule has 0 aliphatic carbocycles. The van der Waals surface area contributed by atoms with Gasteiger partial charge in [0.1, 0.15) is 4.21 Å². The molecule has 0 radical (unpaired) electrons. The van der Waals surface area contributed by atoms with Gasteiger partial charge in [0.05, 0.1) is 4.34 Å². The molecule has 25 heavy (non-hydrogen) atoms. The van der Waals surface area contributed by atoms with Crippen LogP contribution in [0.1, 0.15) is 18.4 Å². The standard InChI is InChI=1S/C16H18ClN3O3S2/c17-14-3-4-15(24-14)25(22,23)20-8-5-13(6-9-20)16(21)19-11-12-2-1-7-18-10-12/h1-4,7,10,13H,5-6,8-9,11H2,(H,19,21). The number of aromatic nitrogens is 1. The van der Waals surface area contributed by atoms with E-state index < -0.39 is 10.0 Å². The van der Waals surface area contributed by atoms with Crippen LogP contribution in [0.2, 0.25) is 4.34 Å². The Morgan fingerprint density at radius 1 is 1.32 bits per heavy atom. The van der Waals surface area contributed by atoms with Crippen molar-refractivity contribution in [1.29, 1.82) is 0 Å². The predicted molar refractivity (Wildman–Crippen MR) is 96.9 cm³/mol. The second kappa shape index (κ2) is 7.82. The summed E-state index contributed by atoms with van der Waals surface area (Å²) >= 11 is 6.89. The Balaban J connectivity index is 1.54. The number of carbonyl (C=O) groups is 1. The van der Waals surface area contributed by atoms with Crippen LogP contribution in [0.4, 0.5) is 0 Å². The van der Waals surface area contributed by atoms with Gasteiger partial charge in [-0.25, -0.2) is 8.42 Å². The summed E-state index contributed by atoms with van der Waals surface area (Å²) in [4.78, 5) is 16.3. The first kappa shape index (κ1) is 18.3. The smallest absolute Gasteiger partial charge is 0.252 e. The number of rotatable bonds is 5. The highest BCUT2D eigenvalue weighted by Gasteiger charge is 2.32. The fourth-order valence-corrected chi connectivity index (χ4v) is 5.86. The highest BCUT2D eigenvalue weighted by atomic mass is 35.5. The molecule has 3 rings (SSSR count). The van der Waals surface area contributed by atoms with E-state index in [9.17, 15) is 13.2 Å². The third-order valence-corrected chi connectivity index (χ3v) is 7.75. The number of hydrogen-bond acceptors (Lipinski definition) is 5. The van der Waals surface area contributed by atoms with Gasteiger partial charge in [-0.1, -0.05) is 17.7 Å². The maximum absolute atomic E-state index is 12.6. The van der Waals surface area contributed by atoms with E-state index in [0.29, 0.717) is 36.8 Å². The average Bonchev–Trinajstić information content (AvgIpc) is 3.08. The Morgan fingerprint density at radius 2 is 2.08 bits per heavy atom. The first-order chi connectivity index (χ1) is 12.0. The number of pyridine rings is 1. The van der Waals surface area contributed by atoms with Gasteiger partial charge in [0, 0.05) is 37.9 Å². The molecule has 9 heteroatoms. The molecule has 0 bridgehead atoms. The first-order valence-corrected chi connectivity index (χ1v) is 10.5. The number of piperidine rings is 1. The Labute approximate surface area is 155 Å². The van der Waals surface area contributed by atoms with E-state index in [-0.39, 0.29) is 16.0 Å². The lowest BCUT2D eigenvalue weighted by Crippen LogP contribution is -2.42. The molecule has 3 heterocycles. The first-order valence-electron chi connectivity index (χ1n) is 7.89. The Morgan fingerprint density at radius 3 is 2.68 bits per heavy atom. The minimum absolute atomic E-state index is 0.0416. The molecular weight excluding hydrogens is 382 g/mol. The predicted octanol–water partition coefficient (Wildman–Crippen LogP) is 2.51. The largest absolute Gasteiger partial charge is 0.352 e. The van der Waals surface area contributed by atoms with Gasteiger partial charge in [0.25, 0.3) is 10.0 Å². The Bertz CT molecular complexity index is 831. The van der Waals surface area contributed by atoms with Crippen molar-refractivity contribution in [3.63, 3.8) is 0 Å². The lowest BCUT2D eigenvalue weighted by molar-refractivity contribution is -0.126. The molecule has 0 aromatic carbocycles. The molecule has 1 aliphatic heterocycles. The molecule has 2 aromatic rings. The monoisotopic (exact) mass is 399 g/mol. The van der Waals surface area contributed by atoms with E-state index in [2.05, 4.69) is 10.3 Å². The van der Waals surface area contributed by atoms with Gasteiger partial charge in [-0.15, -0.1) is 11.3 Å². The summed E-state index contributed by atoms with van der Waals surface area (Å²) in [5, 5.41) is 2.89. The van der Waals surface area contributed by atoms with Crippen LogP contribution < -0.4 is 5.32 Å². The Kier molecular flexibility index (Phi) is 5.73. The van der Waals surface area contributed by atoms with E-state index in [1.165, 1.54) is 10.4 Å². The van der Waals surface area contributed by atoms with Gasteiger partial charge in [-0.2, -0.15) is 4.31 Å². The highest BCUT2D eigenvalue weighted by Crippen LogP contribution is 2.30. The third-order valence-electron chi connectivity index (χ3n) is 4.16. The lowest BCUT2D eigenvalue weighted by Gasteiger charge is -2.30. The highest BCUT2D eigenvalue weighted by molar-refractivity contribution is 7.91. The van der Waals surface area contributed by atoms with Gasteiger partial charge >= 0.3 is 0 Å². The quantitative estimate of drug-likeness (QED) is 0.837. The maximum atomic E-state index is 12.6. The molecule has 0 spiro atoms. The number of thiophene rings is 1. The molecule has 1 aliphatic rings. The van der Waals surface area contributed by atoms with Crippen LogP contribution in [0, 0.1) is 5.92 Å². The van der Waals surface area contributed by atoms with Crippen molar-refractivity contribution >= 4 is 38.9 Å². The molecule has 1 N–H and O–H groups in total. The summed E-state index contributed by atoms with van der Waals surface area (Å²) in [6, 6.07) is 6.82. The number of nitrogens with zero attached hydrogens (tertiary/aromatic N) is 2. The normalized spacial score (nSPS) is 16.7. The van der Waals surface area contributed by atoms with Gasteiger partial charge < -0.3 is 5.32 Å². The number of sulfonamides is 1. The van der Waals surface area contributed by atoms with Gasteiger partial charge in [-0.05, 0) is 36.6 Å². The topological polar surface area (TPSA) is 79.4 Å². The zero-order valence-corrected chi connectivity index (χ0v) is 15.8. The molecule has 0 unspecified atom stereocenters. The summed E-state index contributed by atoms with van der Waals surface area (Å²) in [6.45, 7) is 1.10. The van der Waals surface area contributed by atoms with Gasteiger partial charge in [0.2, 0.25) is 5.91 Å². The second-order valence-electron chi connectivity index (χ2n) is 5.82. The third kappa shape index (κ3) is 4.38. The molecule has 6 nitrogen and oxygen atoms in total. The second-order valence-corrected chi connectivity index (χ2v) is 9.70. The van der Waals surface area contributed by atoms with Crippen LogP contribution in [-0.4, -0.2) is 36.7 Å². The number of amides is 1. The van der Waals surface area contributed by atoms with E-state index in [1.807, 2.05) is 12.1 Å².